The third-order valence-corrected chi connectivity index (χ3v) is 5.42. The predicted octanol–water partition coefficient (Wildman–Crippen LogP) is 4.05. The first-order valence-electron chi connectivity index (χ1n) is 8.94. The van der Waals surface area contributed by atoms with Crippen molar-refractivity contribution in [3.63, 3.8) is 0 Å². The van der Waals surface area contributed by atoms with Gasteiger partial charge in [0.1, 0.15) is 17.7 Å². The third-order valence-electron chi connectivity index (χ3n) is 5.16. The van der Waals surface area contributed by atoms with Crippen LogP contribution in [0, 0.1) is 5.92 Å². The van der Waals surface area contributed by atoms with Crippen molar-refractivity contribution >= 4 is 17.7 Å². The van der Waals surface area contributed by atoms with Crippen molar-refractivity contribution in [1.82, 2.24) is 10.3 Å². The number of pyridine rings is 1. The van der Waals surface area contributed by atoms with E-state index in [1.54, 1.807) is 20.8 Å². The standard InChI is InChI=1S/C18H20ClF3N2O4/c1-15(2,3)28-14(25)24-16(9-4-5-9)7-26-12-10(16)6-11(23-13(12)19)17(8-27-17)18(20,21)22/h6,9H,4-5,7-8H2,1-3H3,(H,24,25)/t16-,17?/m0/s1. The van der Waals surface area contributed by atoms with Crippen LogP contribution >= 0.6 is 11.6 Å². The molecule has 6 nitrogen and oxygen atoms in total. The fraction of sp³-hybridized carbons (Fsp3) is 0.667. The average Bonchev–Trinajstić information content (AvgIpc) is 3.42. The molecular weight excluding hydrogens is 401 g/mol. The minimum atomic E-state index is -4.63. The summed E-state index contributed by atoms with van der Waals surface area (Å²) >= 11 is 6.15. The maximum atomic E-state index is 13.5. The maximum absolute atomic E-state index is 13.5. The van der Waals surface area contributed by atoms with Crippen LogP contribution in [-0.2, 0) is 20.6 Å². The number of ether oxygens (including phenoxy) is 3. The average molecular weight is 421 g/mol. The van der Waals surface area contributed by atoms with Gasteiger partial charge in [-0.2, -0.15) is 13.2 Å². The number of hydrogen-bond donors (Lipinski definition) is 1. The zero-order chi connectivity index (χ0) is 20.5. The van der Waals surface area contributed by atoms with E-state index in [1.165, 1.54) is 6.07 Å². The molecule has 1 aromatic heterocycles. The van der Waals surface area contributed by atoms with E-state index in [2.05, 4.69) is 10.3 Å². The Bertz CT molecular complexity index is 831. The molecular formula is C18H20ClF3N2O4. The van der Waals surface area contributed by atoms with Crippen LogP contribution in [0.15, 0.2) is 6.07 Å². The lowest BCUT2D eigenvalue weighted by Crippen LogP contribution is -2.50. The lowest BCUT2D eigenvalue weighted by molar-refractivity contribution is -0.188. The van der Waals surface area contributed by atoms with Crippen molar-refractivity contribution in [3.8, 4) is 5.75 Å². The highest BCUT2D eigenvalue weighted by Crippen LogP contribution is 2.56. The molecule has 1 aromatic rings. The highest BCUT2D eigenvalue weighted by Gasteiger charge is 2.69. The van der Waals surface area contributed by atoms with Crippen LogP contribution in [0.4, 0.5) is 18.0 Å². The molecule has 2 fully saturated rings. The smallest absolute Gasteiger partial charge is 0.425 e. The zero-order valence-electron chi connectivity index (χ0n) is 15.6. The summed E-state index contributed by atoms with van der Waals surface area (Å²) in [5.41, 5.74) is -4.14. The molecule has 0 bridgehead atoms. The molecule has 1 aliphatic carbocycles. The topological polar surface area (TPSA) is 73.0 Å². The number of amides is 1. The minimum absolute atomic E-state index is 0.00884. The molecule has 154 valence electrons. The van der Waals surface area contributed by atoms with Crippen LogP contribution in [0.5, 0.6) is 5.75 Å². The van der Waals surface area contributed by atoms with Gasteiger partial charge in [0.25, 0.3) is 0 Å². The van der Waals surface area contributed by atoms with E-state index in [1.807, 2.05) is 0 Å². The summed E-state index contributed by atoms with van der Waals surface area (Å²) in [6.07, 6.45) is -3.69. The molecule has 1 saturated carbocycles. The number of aromatic nitrogens is 1. The van der Waals surface area contributed by atoms with Crippen molar-refractivity contribution in [3.05, 3.63) is 22.5 Å². The first-order chi connectivity index (χ1) is 12.9. The van der Waals surface area contributed by atoms with Crippen LogP contribution < -0.4 is 10.1 Å². The van der Waals surface area contributed by atoms with Crippen molar-refractivity contribution in [2.75, 3.05) is 13.2 Å². The molecule has 3 heterocycles. The van der Waals surface area contributed by atoms with Gasteiger partial charge in [0.15, 0.2) is 10.9 Å². The minimum Gasteiger partial charge on any atom is -0.487 e. The number of epoxide rings is 1. The van der Waals surface area contributed by atoms with E-state index >= 15 is 0 Å². The second-order valence-corrected chi connectivity index (χ2v) is 8.81. The second kappa shape index (κ2) is 5.89. The Morgan fingerprint density at radius 2 is 1.96 bits per heavy atom. The third kappa shape index (κ3) is 3.08. The van der Waals surface area contributed by atoms with E-state index in [4.69, 9.17) is 25.8 Å². The Balaban J connectivity index is 1.75. The van der Waals surface area contributed by atoms with Crippen LogP contribution in [0.1, 0.15) is 44.9 Å². The molecule has 1 unspecified atom stereocenters. The summed E-state index contributed by atoms with van der Waals surface area (Å²) in [7, 11) is 0. The largest absolute Gasteiger partial charge is 0.487 e. The molecule has 1 amide bonds. The fourth-order valence-corrected chi connectivity index (χ4v) is 3.82. The Kier molecular flexibility index (Phi) is 4.11. The zero-order valence-corrected chi connectivity index (χ0v) is 16.3. The SMILES string of the molecule is CC(C)(C)OC(=O)N[C@]1(C2CC2)COc2c1cc(C1(C(F)(F)F)CO1)nc2Cl. The van der Waals surface area contributed by atoms with Gasteiger partial charge in [0.2, 0.25) is 5.60 Å². The fourth-order valence-electron chi connectivity index (χ4n) is 3.58. The highest BCUT2D eigenvalue weighted by molar-refractivity contribution is 6.31. The first-order valence-corrected chi connectivity index (χ1v) is 9.32. The monoisotopic (exact) mass is 420 g/mol. The van der Waals surface area contributed by atoms with Gasteiger partial charge < -0.3 is 19.5 Å². The number of nitrogens with zero attached hydrogens (tertiary/aromatic N) is 1. The number of alkyl halides is 3. The molecule has 2 atom stereocenters. The Labute approximate surface area is 164 Å². The summed E-state index contributed by atoms with van der Waals surface area (Å²) < 4.78 is 56.3. The van der Waals surface area contributed by atoms with Gasteiger partial charge in [-0.25, -0.2) is 9.78 Å². The van der Waals surface area contributed by atoms with Crippen LogP contribution in [0.2, 0.25) is 5.15 Å². The molecule has 0 spiro atoms. The van der Waals surface area contributed by atoms with Crippen LogP contribution in [0.3, 0.4) is 0 Å². The number of fused-ring (bicyclic) bond motifs is 1. The van der Waals surface area contributed by atoms with Crippen molar-refractivity contribution in [1.29, 1.82) is 0 Å². The number of rotatable bonds is 3. The van der Waals surface area contributed by atoms with Gasteiger partial charge in [0.05, 0.1) is 12.3 Å². The second-order valence-electron chi connectivity index (χ2n) is 8.45. The van der Waals surface area contributed by atoms with Crippen molar-refractivity contribution < 1.29 is 32.2 Å². The number of hydrogen-bond acceptors (Lipinski definition) is 5. The van der Waals surface area contributed by atoms with Gasteiger partial charge in [-0.15, -0.1) is 0 Å². The van der Waals surface area contributed by atoms with Gasteiger partial charge in [-0.1, -0.05) is 11.6 Å². The quantitative estimate of drug-likeness (QED) is 0.590. The Morgan fingerprint density at radius 3 is 2.46 bits per heavy atom. The van der Waals surface area contributed by atoms with Crippen LogP contribution in [0.25, 0.3) is 0 Å². The number of nitrogens with one attached hydrogen (secondary N) is 1. The molecule has 28 heavy (non-hydrogen) atoms. The van der Waals surface area contributed by atoms with Gasteiger partial charge in [-0.3, -0.25) is 0 Å². The first kappa shape index (κ1) is 19.6. The highest BCUT2D eigenvalue weighted by atomic mass is 35.5. The molecule has 3 aliphatic rings. The van der Waals surface area contributed by atoms with Crippen molar-refractivity contribution in [2.24, 2.45) is 5.92 Å². The number of alkyl carbamates (subject to hydrolysis) is 1. The van der Waals surface area contributed by atoms with Gasteiger partial charge >= 0.3 is 12.3 Å². The van der Waals surface area contributed by atoms with E-state index in [0.717, 1.165) is 12.8 Å². The van der Waals surface area contributed by atoms with Crippen molar-refractivity contribution in [2.45, 2.75) is 56.5 Å². The summed E-state index contributed by atoms with van der Waals surface area (Å²) in [6, 6.07) is 1.30. The maximum Gasteiger partial charge on any atom is 0.425 e. The number of carbonyl (C=O) groups excluding carboxylic acids is 1. The number of carbonyl (C=O) groups is 1. The summed E-state index contributed by atoms with van der Waals surface area (Å²) in [6.45, 7) is 4.72. The summed E-state index contributed by atoms with van der Waals surface area (Å²) in [4.78, 5) is 16.3. The predicted molar refractivity (Wildman–Crippen MR) is 92.2 cm³/mol. The van der Waals surface area contributed by atoms with E-state index in [9.17, 15) is 18.0 Å². The van der Waals surface area contributed by atoms with Gasteiger partial charge in [0, 0.05) is 5.56 Å². The molecule has 10 heteroatoms. The Hall–Kier alpha value is -1.74. The van der Waals surface area contributed by atoms with Gasteiger partial charge in [-0.05, 0) is 45.6 Å². The normalized spacial score (nSPS) is 29.1. The van der Waals surface area contributed by atoms with E-state index in [0.29, 0.717) is 5.56 Å². The molecule has 4 rings (SSSR count). The molecule has 1 N–H and O–H groups in total. The molecule has 0 aromatic carbocycles. The summed E-state index contributed by atoms with van der Waals surface area (Å²) in [5.74, 6) is 0.195. The van der Waals surface area contributed by atoms with E-state index < -0.39 is 35.6 Å². The van der Waals surface area contributed by atoms with E-state index in [-0.39, 0.29) is 29.1 Å². The number of halogens is 4. The van der Waals surface area contributed by atoms with Crippen LogP contribution in [-0.4, -0.2) is 36.1 Å². The molecule has 0 radical (unpaired) electrons. The molecule has 1 saturated heterocycles. The lowest BCUT2D eigenvalue weighted by atomic mass is 9.86. The summed E-state index contributed by atoms with van der Waals surface area (Å²) in [5, 5.41) is 2.66. The molecule has 2 aliphatic heterocycles. The Morgan fingerprint density at radius 1 is 1.32 bits per heavy atom. The lowest BCUT2D eigenvalue weighted by Gasteiger charge is -2.31.